The molecule has 1 amide bonds. The molecule has 0 spiro atoms. The number of carbonyl (C=O) groups excluding carboxylic acids is 1. The molecule has 1 atom stereocenters. The molecule has 0 bridgehead atoms. The normalized spacial score (nSPS) is 18.5. The van der Waals surface area contributed by atoms with Crippen molar-refractivity contribution in [2.24, 2.45) is 5.73 Å². The average molecular weight is 375 g/mol. The summed E-state index contributed by atoms with van der Waals surface area (Å²) in [5, 5.41) is 4.01. The number of amides is 1. The van der Waals surface area contributed by atoms with Crippen LogP contribution >= 0.6 is 15.9 Å². The third-order valence-corrected chi connectivity index (χ3v) is 3.97. The van der Waals surface area contributed by atoms with Crippen LogP contribution in [-0.2, 0) is 6.18 Å². The molecule has 2 N–H and O–H groups in total. The van der Waals surface area contributed by atoms with Gasteiger partial charge in [-0.3, -0.25) is 4.79 Å². The van der Waals surface area contributed by atoms with Crippen LogP contribution in [0.2, 0.25) is 0 Å². The molecule has 1 aromatic carbocycles. The van der Waals surface area contributed by atoms with Crippen molar-refractivity contribution >= 4 is 27.5 Å². The second kappa shape index (κ2) is 5.10. The number of hydrogen-bond acceptors (Lipinski definition) is 3. The van der Waals surface area contributed by atoms with Gasteiger partial charge >= 0.3 is 6.18 Å². The molecule has 2 heterocycles. The lowest BCUT2D eigenvalue weighted by Crippen LogP contribution is -2.46. The van der Waals surface area contributed by atoms with Crippen LogP contribution in [-0.4, -0.2) is 22.2 Å². The number of hydrogen-bond donors (Lipinski definition) is 1. The molecule has 22 heavy (non-hydrogen) atoms. The van der Waals surface area contributed by atoms with Crippen molar-refractivity contribution < 1.29 is 18.0 Å². The van der Waals surface area contributed by atoms with Crippen molar-refractivity contribution in [3.8, 4) is 0 Å². The van der Waals surface area contributed by atoms with Gasteiger partial charge in [0.15, 0.2) is 0 Å². The average Bonchev–Trinajstić information content (AvgIpc) is 2.85. The highest BCUT2D eigenvalue weighted by Crippen LogP contribution is 2.32. The fourth-order valence-electron chi connectivity index (χ4n) is 2.32. The van der Waals surface area contributed by atoms with Gasteiger partial charge in [-0.05, 0) is 40.2 Å². The quantitative estimate of drug-likeness (QED) is 0.834. The largest absolute Gasteiger partial charge is 0.416 e. The summed E-state index contributed by atoms with van der Waals surface area (Å²) in [6.45, 7) is 0.130. The van der Waals surface area contributed by atoms with E-state index in [0.29, 0.717) is 10.2 Å². The summed E-state index contributed by atoms with van der Waals surface area (Å²) in [4.78, 5) is 13.8. The molecule has 1 aliphatic heterocycles. The molecule has 0 unspecified atom stereocenters. The number of anilines is 1. The van der Waals surface area contributed by atoms with E-state index < -0.39 is 17.9 Å². The molecule has 0 fully saturated rings. The van der Waals surface area contributed by atoms with Gasteiger partial charge in [0, 0.05) is 5.69 Å². The molecule has 5 nitrogen and oxygen atoms in total. The fraction of sp³-hybridized carbons (Fsp3) is 0.231. The van der Waals surface area contributed by atoms with Crippen LogP contribution in [0.3, 0.4) is 0 Å². The van der Waals surface area contributed by atoms with Crippen LogP contribution in [0.5, 0.6) is 0 Å². The number of aromatic nitrogens is 2. The minimum atomic E-state index is -4.41. The van der Waals surface area contributed by atoms with E-state index in [1.165, 1.54) is 27.9 Å². The summed E-state index contributed by atoms with van der Waals surface area (Å²) in [6, 6.07) is 4.39. The van der Waals surface area contributed by atoms with Gasteiger partial charge in [0.25, 0.3) is 5.91 Å². The van der Waals surface area contributed by atoms with Crippen molar-refractivity contribution in [2.45, 2.75) is 12.3 Å². The van der Waals surface area contributed by atoms with Crippen LogP contribution in [0.1, 0.15) is 22.2 Å². The van der Waals surface area contributed by atoms with Gasteiger partial charge in [-0.25, -0.2) is 4.68 Å². The number of fused-ring (bicyclic) bond motifs is 1. The molecule has 0 saturated carbocycles. The Hall–Kier alpha value is -1.87. The van der Waals surface area contributed by atoms with E-state index >= 15 is 0 Å². The first kappa shape index (κ1) is 15.0. The maximum atomic E-state index is 12.6. The number of alkyl halides is 3. The second-order valence-corrected chi connectivity index (χ2v) is 5.67. The number of rotatable bonds is 1. The summed E-state index contributed by atoms with van der Waals surface area (Å²) in [6.07, 6.45) is -3.52. The number of benzene rings is 1. The highest BCUT2D eigenvalue weighted by molar-refractivity contribution is 9.10. The molecule has 116 valence electrons. The monoisotopic (exact) mass is 374 g/mol. The molecular weight excluding hydrogens is 365 g/mol. The summed E-state index contributed by atoms with van der Waals surface area (Å²) in [5.74, 6) is -0.370. The molecule has 3 rings (SSSR count). The zero-order valence-corrected chi connectivity index (χ0v) is 12.6. The van der Waals surface area contributed by atoms with Gasteiger partial charge in [0.05, 0.1) is 22.8 Å². The van der Waals surface area contributed by atoms with Crippen molar-refractivity contribution in [2.75, 3.05) is 11.4 Å². The lowest BCUT2D eigenvalue weighted by molar-refractivity contribution is -0.137. The standard InChI is InChI=1S/C13H10BrF3N4O/c14-9-5-19-21-10(18)6-20(12(22)11(9)21)8-3-1-7(2-4-8)13(15,16)17/h1-5,10H,6,18H2/t10-/m1/s1. The first-order valence-electron chi connectivity index (χ1n) is 6.27. The Labute approximate surface area is 131 Å². The summed E-state index contributed by atoms with van der Waals surface area (Å²) in [7, 11) is 0. The maximum Gasteiger partial charge on any atom is 0.416 e. The SMILES string of the molecule is N[C@H]1CN(c2ccc(C(F)(F)F)cc2)C(=O)c2c(Br)cnn21. The highest BCUT2D eigenvalue weighted by Gasteiger charge is 2.34. The van der Waals surface area contributed by atoms with E-state index in [1.807, 2.05) is 0 Å². The summed E-state index contributed by atoms with van der Waals surface area (Å²) < 4.78 is 39.7. The minimum absolute atomic E-state index is 0.130. The molecule has 1 aromatic heterocycles. The van der Waals surface area contributed by atoms with E-state index in [9.17, 15) is 18.0 Å². The van der Waals surface area contributed by atoms with E-state index in [4.69, 9.17) is 5.73 Å². The number of halogens is 4. The van der Waals surface area contributed by atoms with Crippen LogP contribution in [0, 0.1) is 0 Å². The Kier molecular flexibility index (Phi) is 3.48. The predicted octanol–water partition coefficient (Wildman–Crippen LogP) is 2.78. The van der Waals surface area contributed by atoms with Crippen LogP contribution < -0.4 is 10.6 Å². The first-order chi connectivity index (χ1) is 10.3. The second-order valence-electron chi connectivity index (χ2n) is 4.81. The Balaban J connectivity index is 1.96. The molecule has 0 saturated heterocycles. The molecular formula is C13H10BrF3N4O. The van der Waals surface area contributed by atoms with Crippen molar-refractivity contribution in [3.05, 3.63) is 46.2 Å². The third kappa shape index (κ3) is 2.40. The van der Waals surface area contributed by atoms with Gasteiger partial charge in [0.1, 0.15) is 11.9 Å². The van der Waals surface area contributed by atoms with Crippen molar-refractivity contribution in [1.82, 2.24) is 9.78 Å². The van der Waals surface area contributed by atoms with E-state index in [2.05, 4.69) is 21.0 Å². The predicted molar refractivity (Wildman–Crippen MR) is 76.3 cm³/mol. The van der Waals surface area contributed by atoms with Crippen molar-refractivity contribution in [1.29, 1.82) is 0 Å². The molecule has 0 aliphatic carbocycles. The lowest BCUT2D eigenvalue weighted by atomic mass is 10.1. The number of nitrogens with zero attached hydrogens (tertiary/aromatic N) is 3. The summed E-state index contributed by atoms with van der Waals surface area (Å²) in [5.41, 5.74) is 5.82. The van der Waals surface area contributed by atoms with Crippen molar-refractivity contribution in [3.63, 3.8) is 0 Å². The summed E-state index contributed by atoms with van der Waals surface area (Å²) >= 11 is 3.22. The third-order valence-electron chi connectivity index (χ3n) is 3.39. The van der Waals surface area contributed by atoms with E-state index in [0.717, 1.165) is 12.1 Å². The van der Waals surface area contributed by atoms with Crippen LogP contribution in [0.4, 0.5) is 18.9 Å². The Morgan fingerprint density at radius 1 is 1.27 bits per heavy atom. The topological polar surface area (TPSA) is 64.2 Å². The van der Waals surface area contributed by atoms with Gasteiger partial charge in [-0.2, -0.15) is 18.3 Å². The maximum absolute atomic E-state index is 12.6. The molecule has 1 aliphatic rings. The number of nitrogens with two attached hydrogens (primary N) is 1. The Bertz CT molecular complexity index is 726. The Morgan fingerprint density at radius 2 is 1.91 bits per heavy atom. The Morgan fingerprint density at radius 3 is 2.50 bits per heavy atom. The smallest absolute Gasteiger partial charge is 0.308 e. The van der Waals surface area contributed by atoms with E-state index in [1.54, 1.807) is 0 Å². The fourth-order valence-corrected chi connectivity index (χ4v) is 2.76. The van der Waals surface area contributed by atoms with Gasteiger partial charge in [0.2, 0.25) is 0 Å². The zero-order chi connectivity index (χ0) is 16.1. The van der Waals surface area contributed by atoms with Crippen LogP contribution in [0.15, 0.2) is 34.9 Å². The lowest BCUT2D eigenvalue weighted by Gasteiger charge is -2.31. The first-order valence-corrected chi connectivity index (χ1v) is 7.06. The zero-order valence-electron chi connectivity index (χ0n) is 11.0. The van der Waals surface area contributed by atoms with E-state index in [-0.39, 0.29) is 18.1 Å². The minimum Gasteiger partial charge on any atom is -0.308 e. The number of carbonyl (C=O) groups is 1. The molecule has 0 radical (unpaired) electrons. The van der Waals surface area contributed by atoms with Gasteiger partial charge in [-0.15, -0.1) is 0 Å². The molecule has 2 aromatic rings. The van der Waals surface area contributed by atoms with Gasteiger partial charge in [-0.1, -0.05) is 0 Å². The van der Waals surface area contributed by atoms with Crippen LogP contribution in [0.25, 0.3) is 0 Å². The highest BCUT2D eigenvalue weighted by atomic mass is 79.9. The van der Waals surface area contributed by atoms with Gasteiger partial charge < -0.3 is 10.6 Å². The molecule has 9 heteroatoms.